The van der Waals surface area contributed by atoms with Gasteiger partial charge >= 0.3 is 5.76 Å². The second-order valence-electron chi connectivity index (χ2n) is 6.74. The summed E-state index contributed by atoms with van der Waals surface area (Å²) in [5.74, 6) is 0.434. The van der Waals surface area contributed by atoms with Crippen molar-refractivity contribution in [3.63, 3.8) is 0 Å². The molecule has 0 radical (unpaired) electrons. The molecule has 27 heavy (non-hydrogen) atoms. The molecular weight excluding hydrogens is 344 g/mol. The van der Waals surface area contributed by atoms with E-state index in [-0.39, 0.29) is 5.91 Å². The highest BCUT2D eigenvalue weighted by Crippen LogP contribution is 2.19. The molecule has 3 aromatic rings. The molecule has 1 N–H and O–H groups in total. The predicted molar refractivity (Wildman–Crippen MR) is 104 cm³/mol. The molecule has 6 heteroatoms. The summed E-state index contributed by atoms with van der Waals surface area (Å²) in [5.41, 5.74) is 2.32. The van der Waals surface area contributed by atoms with Crippen LogP contribution < -0.4 is 15.8 Å². The lowest BCUT2D eigenvalue weighted by Crippen LogP contribution is -2.36. The highest BCUT2D eigenvalue weighted by atomic mass is 16.5. The van der Waals surface area contributed by atoms with Crippen molar-refractivity contribution in [1.82, 2.24) is 9.88 Å². The van der Waals surface area contributed by atoms with Crippen molar-refractivity contribution in [3.05, 3.63) is 64.6 Å². The first kappa shape index (κ1) is 18.8. The molecule has 0 saturated carbocycles. The van der Waals surface area contributed by atoms with Crippen molar-refractivity contribution in [2.75, 3.05) is 13.2 Å². The van der Waals surface area contributed by atoms with Gasteiger partial charge in [-0.3, -0.25) is 9.36 Å². The van der Waals surface area contributed by atoms with E-state index in [1.807, 2.05) is 24.3 Å². The topological polar surface area (TPSA) is 73.5 Å². The number of oxazole rings is 1. The van der Waals surface area contributed by atoms with Crippen LogP contribution in [0.1, 0.15) is 38.3 Å². The Labute approximate surface area is 157 Å². The molecule has 0 bridgehead atoms. The molecule has 1 heterocycles. The summed E-state index contributed by atoms with van der Waals surface area (Å²) in [6.45, 7) is 6.65. The largest absolute Gasteiger partial charge is 0.492 e. The molecule has 0 fully saturated rings. The molecule has 1 aromatic heterocycles. The summed E-state index contributed by atoms with van der Waals surface area (Å²) in [6, 6.07) is 14.3. The van der Waals surface area contributed by atoms with Crippen LogP contribution in [0.3, 0.4) is 0 Å². The van der Waals surface area contributed by atoms with Crippen LogP contribution in [-0.4, -0.2) is 23.6 Å². The number of carbonyl (C=O) groups excluding carboxylic acids is 1. The molecular formula is C21H24N2O4. The van der Waals surface area contributed by atoms with Crippen molar-refractivity contribution >= 4 is 17.0 Å². The third-order valence-corrected chi connectivity index (χ3v) is 4.50. The number of nitrogens with one attached hydrogen (secondary N) is 1. The van der Waals surface area contributed by atoms with Gasteiger partial charge in [0.25, 0.3) is 0 Å². The number of para-hydroxylation sites is 2. The first-order valence-corrected chi connectivity index (χ1v) is 9.08. The Hall–Kier alpha value is -3.02. The summed E-state index contributed by atoms with van der Waals surface area (Å²) in [4.78, 5) is 24.5. The number of hydrogen-bond acceptors (Lipinski definition) is 4. The number of carbonyl (C=O) groups is 1. The van der Waals surface area contributed by atoms with E-state index in [2.05, 4.69) is 19.2 Å². The molecule has 2 aromatic carbocycles. The predicted octanol–water partition coefficient (Wildman–Crippen LogP) is 3.47. The standard InChI is InChI=1S/C21H24N2O4/c1-14(2)16-8-10-17(11-9-16)26-13-12-22-20(24)15(3)23-18-6-4-5-7-19(18)27-21(23)25/h4-11,14-15H,12-13H2,1-3H3,(H,22,24). The fourth-order valence-corrected chi connectivity index (χ4v) is 2.91. The fraction of sp³-hybridized carbons (Fsp3) is 0.333. The van der Waals surface area contributed by atoms with E-state index < -0.39 is 11.8 Å². The van der Waals surface area contributed by atoms with Gasteiger partial charge in [-0.15, -0.1) is 0 Å². The van der Waals surface area contributed by atoms with Crippen LogP contribution in [-0.2, 0) is 4.79 Å². The van der Waals surface area contributed by atoms with Gasteiger partial charge < -0.3 is 14.5 Å². The molecule has 1 atom stereocenters. The highest BCUT2D eigenvalue weighted by Gasteiger charge is 2.20. The van der Waals surface area contributed by atoms with Gasteiger partial charge in [0, 0.05) is 0 Å². The minimum atomic E-state index is -0.675. The minimum absolute atomic E-state index is 0.262. The van der Waals surface area contributed by atoms with Gasteiger partial charge in [0.15, 0.2) is 5.58 Å². The van der Waals surface area contributed by atoms with E-state index in [9.17, 15) is 9.59 Å². The summed E-state index contributed by atoms with van der Waals surface area (Å²) < 4.78 is 12.2. The van der Waals surface area contributed by atoms with E-state index in [1.165, 1.54) is 10.1 Å². The lowest BCUT2D eigenvalue weighted by Gasteiger charge is -2.14. The van der Waals surface area contributed by atoms with Crippen LogP contribution in [0.25, 0.3) is 11.1 Å². The molecule has 1 amide bonds. The monoisotopic (exact) mass is 368 g/mol. The molecule has 3 rings (SSSR count). The third-order valence-electron chi connectivity index (χ3n) is 4.50. The number of benzene rings is 2. The lowest BCUT2D eigenvalue weighted by atomic mass is 10.0. The molecule has 0 saturated heterocycles. The maximum absolute atomic E-state index is 12.4. The second kappa shape index (κ2) is 8.12. The van der Waals surface area contributed by atoms with E-state index in [0.717, 1.165) is 5.75 Å². The Morgan fingerprint density at radius 2 is 1.81 bits per heavy atom. The fourth-order valence-electron chi connectivity index (χ4n) is 2.91. The third kappa shape index (κ3) is 4.22. The first-order valence-electron chi connectivity index (χ1n) is 9.08. The minimum Gasteiger partial charge on any atom is -0.492 e. The summed E-state index contributed by atoms with van der Waals surface area (Å²) in [7, 11) is 0. The number of nitrogens with zero attached hydrogens (tertiary/aromatic N) is 1. The van der Waals surface area contributed by atoms with Gasteiger partial charge in [0.2, 0.25) is 5.91 Å². The maximum atomic E-state index is 12.4. The SMILES string of the molecule is CC(C)c1ccc(OCCNC(=O)C(C)n2c(=O)oc3ccccc32)cc1. The van der Waals surface area contributed by atoms with Crippen LogP contribution in [0.15, 0.2) is 57.7 Å². The quantitative estimate of drug-likeness (QED) is 0.648. The van der Waals surface area contributed by atoms with Gasteiger partial charge in [-0.05, 0) is 42.7 Å². The van der Waals surface area contributed by atoms with Gasteiger partial charge in [-0.2, -0.15) is 0 Å². The zero-order chi connectivity index (χ0) is 19.4. The molecule has 0 aliphatic carbocycles. The Bertz CT molecular complexity index is 970. The van der Waals surface area contributed by atoms with Crippen LogP contribution in [0, 0.1) is 0 Å². The smallest absolute Gasteiger partial charge is 0.420 e. The lowest BCUT2D eigenvalue weighted by molar-refractivity contribution is -0.124. The average Bonchev–Trinajstić information content (AvgIpc) is 3.00. The number of rotatable bonds is 7. The van der Waals surface area contributed by atoms with Gasteiger partial charge in [-0.25, -0.2) is 4.79 Å². The number of fused-ring (bicyclic) bond motifs is 1. The number of amides is 1. The average molecular weight is 368 g/mol. The normalized spacial score (nSPS) is 12.3. The van der Waals surface area contributed by atoms with E-state index in [0.29, 0.717) is 30.2 Å². The van der Waals surface area contributed by atoms with Gasteiger partial charge in [-0.1, -0.05) is 38.1 Å². The zero-order valence-electron chi connectivity index (χ0n) is 15.8. The van der Waals surface area contributed by atoms with Crippen molar-refractivity contribution < 1.29 is 13.9 Å². The maximum Gasteiger partial charge on any atom is 0.420 e. The Balaban J connectivity index is 1.54. The van der Waals surface area contributed by atoms with Crippen LogP contribution in [0.2, 0.25) is 0 Å². The van der Waals surface area contributed by atoms with Crippen LogP contribution in [0.5, 0.6) is 5.75 Å². The van der Waals surface area contributed by atoms with E-state index >= 15 is 0 Å². The van der Waals surface area contributed by atoms with Crippen molar-refractivity contribution in [1.29, 1.82) is 0 Å². The van der Waals surface area contributed by atoms with Crippen molar-refractivity contribution in [2.24, 2.45) is 0 Å². The Morgan fingerprint density at radius 3 is 2.52 bits per heavy atom. The Morgan fingerprint density at radius 1 is 1.11 bits per heavy atom. The van der Waals surface area contributed by atoms with E-state index in [1.54, 1.807) is 31.2 Å². The number of hydrogen-bond donors (Lipinski definition) is 1. The van der Waals surface area contributed by atoms with Crippen molar-refractivity contribution in [2.45, 2.75) is 32.7 Å². The molecule has 0 spiro atoms. The molecule has 142 valence electrons. The summed E-state index contributed by atoms with van der Waals surface area (Å²) in [5, 5.41) is 2.80. The molecule has 6 nitrogen and oxygen atoms in total. The molecule has 0 aliphatic rings. The number of aromatic nitrogens is 1. The molecule has 0 aliphatic heterocycles. The van der Waals surface area contributed by atoms with Gasteiger partial charge in [0.1, 0.15) is 18.4 Å². The summed E-state index contributed by atoms with van der Waals surface area (Å²) in [6.07, 6.45) is 0. The highest BCUT2D eigenvalue weighted by molar-refractivity contribution is 5.82. The van der Waals surface area contributed by atoms with Crippen LogP contribution in [0.4, 0.5) is 0 Å². The first-order chi connectivity index (χ1) is 13.0. The van der Waals surface area contributed by atoms with E-state index in [4.69, 9.17) is 9.15 Å². The number of ether oxygens (including phenoxy) is 1. The summed E-state index contributed by atoms with van der Waals surface area (Å²) >= 11 is 0. The Kier molecular flexibility index (Phi) is 5.64. The van der Waals surface area contributed by atoms with Crippen molar-refractivity contribution in [3.8, 4) is 5.75 Å². The van der Waals surface area contributed by atoms with Gasteiger partial charge in [0.05, 0.1) is 12.1 Å². The second-order valence-corrected chi connectivity index (χ2v) is 6.74. The zero-order valence-corrected chi connectivity index (χ0v) is 15.8. The van der Waals surface area contributed by atoms with Crippen LogP contribution >= 0.6 is 0 Å². The molecule has 1 unspecified atom stereocenters.